The Morgan fingerprint density at radius 2 is 2.00 bits per heavy atom. The van der Waals surface area contributed by atoms with Crippen molar-refractivity contribution in [3.8, 4) is 0 Å². The molecule has 15 heavy (non-hydrogen) atoms. The van der Waals surface area contributed by atoms with Gasteiger partial charge >= 0.3 is 0 Å². The summed E-state index contributed by atoms with van der Waals surface area (Å²) in [5.41, 5.74) is 1.23. The molecule has 1 aromatic heterocycles. The van der Waals surface area contributed by atoms with Crippen LogP contribution in [0.5, 0.6) is 0 Å². The van der Waals surface area contributed by atoms with Crippen LogP contribution in [0, 0.1) is 11.8 Å². The molecule has 0 saturated carbocycles. The molecule has 0 saturated heterocycles. The SMILES string of the molecule is CC(C)C(CO)CNCc1ccncc1. The van der Waals surface area contributed by atoms with Crippen LogP contribution in [0.2, 0.25) is 0 Å². The van der Waals surface area contributed by atoms with Crippen LogP contribution in [0.1, 0.15) is 19.4 Å². The maximum absolute atomic E-state index is 9.14. The Balaban J connectivity index is 2.27. The highest BCUT2D eigenvalue weighted by molar-refractivity contribution is 5.08. The lowest BCUT2D eigenvalue weighted by Crippen LogP contribution is -2.28. The lowest BCUT2D eigenvalue weighted by Gasteiger charge is -2.18. The predicted molar refractivity (Wildman–Crippen MR) is 61.4 cm³/mol. The molecule has 0 spiro atoms. The highest BCUT2D eigenvalue weighted by Gasteiger charge is 2.10. The van der Waals surface area contributed by atoms with Gasteiger partial charge in [-0.05, 0) is 29.5 Å². The maximum Gasteiger partial charge on any atom is 0.0473 e. The molecule has 0 fully saturated rings. The van der Waals surface area contributed by atoms with Gasteiger partial charge in [0.15, 0.2) is 0 Å². The molecule has 0 aromatic carbocycles. The van der Waals surface area contributed by atoms with Crippen LogP contribution in [0.25, 0.3) is 0 Å². The molecule has 3 heteroatoms. The maximum atomic E-state index is 9.14. The lowest BCUT2D eigenvalue weighted by molar-refractivity contribution is 0.186. The number of hydrogen-bond donors (Lipinski definition) is 2. The van der Waals surface area contributed by atoms with Crippen LogP contribution in [-0.2, 0) is 6.54 Å². The molecule has 1 unspecified atom stereocenters. The summed E-state index contributed by atoms with van der Waals surface area (Å²) in [4.78, 5) is 3.97. The number of rotatable bonds is 6. The molecule has 1 atom stereocenters. The van der Waals surface area contributed by atoms with E-state index in [0.717, 1.165) is 13.1 Å². The van der Waals surface area contributed by atoms with E-state index in [0.29, 0.717) is 11.8 Å². The Hall–Kier alpha value is -0.930. The van der Waals surface area contributed by atoms with Gasteiger partial charge in [-0.1, -0.05) is 13.8 Å². The first-order chi connectivity index (χ1) is 7.24. The van der Waals surface area contributed by atoms with Gasteiger partial charge in [-0.3, -0.25) is 4.98 Å². The minimum absolute atomic E-state index is 0.251. The van der Waals surface area contributed by atoms with Crippen LogP contribution in [0.15, 0.2) is 24.5 Å². The summed E-state index contributed by atoms with van der Waals surface area (Å²) in [7, 11) is 0. The van der Waals surface area contributed by atoms with Crippen molar-refractivity contribution in [1.29, 1.82) is 0 Å². The van der Waals surface area contributed by atoms with Gasteiger partial charge in [-0.25, -0.2) is 0 Å². The van der Waals surface area contributed by atoms with Crippen LogP contribution >= 0.6 is 0 Å². The van der Waals surface area contributed by atoms with Crippen LogP contribution < -0.4 is 5.32 Å². The molecule has 0 aliphatic rings. The second-order valence-electron chi connectivity index (χ2n) is 4.17. The molecule has 0 bridgehead atoms. The number of nitrogens with one attached hydrogen (secondary N) is 1. The first-order valence-electron chi connectivity index (χ1n) is 5.44. The van der Waals surface area contributed by atoms with E-state index in [4.69, 9.17) is 5.11 Å². The second-order valence-corrected chi connectivity index (χ2v) is 4.17. The van der Waals surface area contributed by atoms with Crippen molar-refractivity contribution < 1.29 is 5.11 Å². The summed E-state index contributed by atoms with van der Waals surface area (Å²) in [6.45, 7) is 6.22. The predicted octanol–water partition coefficient (Wildman–Crippen LogP) is 1.44. The molecule has 0 radical (unpaired) electrons. The Labute approximate surface area is 91.5 Å². The van der Waals surface area contributed by atoms with Gasteiger partial charge in [0, 0.05) is 32.1 Å². The van der Waals surface area contributed by atoms with E-state index in [1.807, 2.05) is 12.1 Å². The zero-order chi connectivity index (χ0) is 11.1. The van der Waals surface area contributed by atoms with Gasteiger partial charge in [-0.2, -0.15) is 0 Å². The van der Waals surface area contributed by atoms with Crippen molar-refractivity contribution in [3.05, 3.63) is 30.1 Å². The summed E-state index contributed by atoms with van der Waals surface area (Å²) in [5, 5.41) is 12.5. The normalized spacial score (nSPS) is 13.1. The Bertz CT molecular complexity index is 262. The Morgan fingerprint density at radius 3 is 2.53 bits per heavy atom. The average Bonchev–Trinajstić information content (AvgIpc) is 2.25. The molecule has 1 aromatic rings. The van der Waals surface area contributed by atoms with E-state index in [1.165, 1.54) is 5.56 Å². The molecular formula is C12H20N2O. The van der Waals surface area contributed by atoms with Crippen molar-refractivity contribution in [3.63, 3.8) is 0 Å². The standard InChI is InChI=1S/C12H20N2O/c1-10(2)12(9-15)8-14-7-11-3-5-13-6-4-11/h3-6,10,12,14-15H,7-9H2,1-2H3. The summed E-state index contributed by atoms with van der Waals surface area (Å²) >= 11 is 0. The van der Waals surface area contributed by atoms with Gasteiger partial charge < -0.3 is 10.4 Å². The van der Waals surface area contributed by atoms with E-state index in [-0.39, 0.29) is 6.61 Å². The number of hydrogen-bond acceptors (Lipinski definition) is 3. The molecular weight excluding hydrogens is 188 g/mol. The van der Waals surface area contributed by atoms with E-state index < -0.39 is 0 Å². The van der Waals surface area contributed by atoms with Crippen LogP contribution in [0.4, 0.5) is 0 Å². The fraction of sp³-hybridized carbons (Fsp3) is 0.583. The number of aliphatic hydroxyl groups excluding tert-OH is 1. The smallest absolute Gasteiger partial charge is 0.0473 e. The molecule has 2 N–H and O–H groups in total. The molecule has 0 aliphatic heterocycles. The van der Waals surface area contributed by atoms with Crippen molar-refractivity contribution >= 4 is 0 Å². The van der Waals surface area contributed by atoms with Crippen LogP contribution in [0.3, 0.4) is 0 Å². The highest BCUT2D eigenvalue weighted by atomic mass is 16.3. The van der Waals surface area contributed by atoms with E-state index in [9.17, 15) is 0 Å². The largest absolute Gasteiger partial charge is 0.396 e. The number of nitrogens with zero attached hydrogens (tertiary/aromatic N) is 1. The van der Waals surface area contributed by atoms with Gasteiger partial charge in [0.25, 0.3) is 0 Å². The zero-order valence-electron chi connectivity index (χ0n) is 9.48. The Kier molecular flexibility index (Phi) is 5.29. The third-order valence-corrected chi connectivity index (χ3v) is 2.66. The molecule has 1 rings (SSSR count). The topological polar surface area (TPSA) is 45.1 Å². The molecule has 0 aliphatic carbocycles. The number of aromatic nitrogens is 1. The van der Waals surface area contributed by atoms with Crippen molar-refractivity contribution in [2.24, 2.45) is 11.8 Å². The monoisotopic (exact) mass is 208 g/mol. The summed E-state index contributed by atoms with van der Waals surface area (Å²) in [5.74, 6) is 0.853. The lowest BCUT2D eigenvalue weighted by atomic mass is 9.97. The summed E-state index contributed by atoms with van der Waals surface area (Å²) in [6, 6.07) is 3.99. The zero-order valence-corrected chi connectivity index (χ0v) is 9.48. The third kappa shape index (κ3) is 4.40. The quantitative estimate of drug-likeness (QED) is 0.743. The van der Waals surface area contributed by atoms with Crippen molar-refractivity contribution in [1.82, 2.24) is 10.3 Å². The summed E-state index contributed by atoms with van der Waals surface area (Å²) in [6.07, 6.45) is 3.59. The number of aliphatic hydroxyl groups is 1. The van der Waals surface area contributed by atoms with E-state index in [2.05, 4.69) is 24.1 Å². The van der Waals surface area contributed by atoms with Gasteiger partial charge in [-0.15, -0.1) is 0 Å². The molecule has 84 valence electrons. The fourth-order valence-electron chi connectivity index (χ4n) is 1.41. The van der Waals surface area contributed by atoms with Gasteiger partial charge in [0.1, 0.15) is 0 Å². The molecule has 0 amide bonds. The Morgan fingerprint density at radius 1 is 1.33 bits per heavy atom. The van der Waals surface area contributed by atoms with Crippen LogP contribution in [-0.4, -0.2) is 23.2 Å². The van der Waals surface area contributed by atoms with Crippen molar-refractivity contribution in [2.45, 2.75) is 20.4 Å². The minimum Gasteiger partial charge on any atom is -0.396 e. The third-order valence-electron chi connectivity index (χ3n) is 2.66. The minimum atomic E-state index is 0.251. The van der Waals surface area contributed by atoms with Gasteiger partial charge in [0.2, 0.25) is 0 Å². The average molecular weight is 208 g/mol. The van der Waals surface area contributed by atoms with Gasteiger partial charge in [0.05, 0.1) is 0 Å². The first-order valence-corrected chi connectivity index (χ1v) is 5.44. The van der Waals surface area contributed by atoms with E-state index in [1.54, 1.807) is 12.4 Å². The fourth-order valence-corrected chi connectivity index (χ4v) is 1.41. The molecule has 1 heterocycles. The highest BCUT2D eigenvalue weighted by Crippen LogP contribution is 2.08. The first kappa shape index (κ1) is 12.1. The molecule has 3 nitrogen and oxygen atoms in total. The summed E-state index contributed by atoms with van der Waals surface area (Å²) < 4.78 is 0. The van der Waals surface area contributed by atoms with Crippen molar-refractivity contribution in [2.75, 3.05) is 13.2 Å². The second kappa shape index (κ2) is 6.53. The number of pyridine rings is 1. The van der Waals surface area contributed by atoms with E-state index >= 15 is 0 Å².